The minimum atomic E-state index is -0.721. The van der Waals surface area contributed by atoms with Gasteiger partial charge in [0.05, 0.1) is 23.6 Å². The number of phenolic OH excluding ortho intramolecular Hbond substituents is 2. The average Bonchev–Trinajstić information content (AvgIpc) is 3.93. The molecule has 0 saturated heterocycles. The number of alkyl halides is 2. The largest absolute Gasteiger partial charge is 0.507 e. The molecule has 19 heteroatoms. The van der Waals surface area contributed by atoms with E-state index in [0.717, 1.165) is 11.1 Å². The summed E-state index contributed by atoms with van der Waals surface area (Å²) in [6, 6.07) is 14.4. The maximum atomic E-state index is 13.1. The van der Waals surface area contributed by atoms with Crippen LogP contribution in [0.2, 0.25) is 0 Å². The van der Waals surface area contributed by atoms with E-state index in [1.165, 1.54) is 38.8 Å². The van der Waals surface area contributed by atoms with E-state index >= 15 is 0 Å². The fourth-order valence-electron chi connectivity index (χ4n) is 8.33. The molecule has 67 heavy (non-hydrogen) atoms. The van der Waals surface area contributed by atoms with Crippen molar-refractivity contribution in [2.45, 2.75) is 77.4 Å². The lowest BCUT2D eigenvalue weighted by Gasteiger charge is -2.25. The van der Waals surface area contributed by atoms with Crippen molar-refractivity contribution in [2.24, 2.45) is 7.05 Å². The van der Waals surface area contributed by atoms with E-state index < -0.39 is 53.6 Å². The monoisotopic (exact) mass is 957 g/mol. The molecular weight excluding hydrogens is 905 g/mol. The first-order valence-electron chi connectivity index (χ1n) is 21.6. The summed E-state index contributed by atoms with van der Waals surface area (Å²) >= 11 is 12.7. The van der Waals surface area contributed by atoms with Gasteiger partial charge >= 0.3 is 12.2 Å². The van der Waals surface area contributed by atoms with Crippen molar-refractivity contribution in [2.75, 3.05) is 57.1 Å². The number of carbonyl (C=O) groups is 6. The Morgan fingerprint density at radius 1 is 0.627 bits per heavy atom. The number of nitrogens with one attached hydrogen (secondary N) is 4. The highest BCUT2D eigenvalue weighted by Gasteiger charge is 2.38. The molecule has 2 aliphatic rings. The van der Waals surface area contributed by atoms with Crippen molar-refractivity contribution in [3.05, 3.63) is 77.6 Å². The number of halogens is 2. The number of nitrogens with zero attached hydrogens (tertiary/aromatic N) is 3. The highest BCUT2D eigenvalue weighted by Crippen LogP contribution is 2.48. The quantitative estimate of drug-likeness (QED) is 0.0692. The zero-order valence-electron chi connectivity index (χ0n) is 38.1. The molecule has 0 radical (unpaired) electrons. The fourth-order valence-corrected chi connectivity index (χ4v) is 8.83. The lowest BCUT2D eigenvalue weighted by atomic mass is 9.95. The molecule has 0 aliphatic carbocycles. The zero-order chi connectivity index (χ0) is 48.7. The highest BCUT2D eigenvalue weighted by molar-refractivity contribution is 6.19. The van der Waals surface area contributed by atoms with Crippen LogP contribution in [0.5, 0.6) is 11.5 Å². The number of hydrogen-bond acceptors (Lipinski definition) is 10. The van der Waals surface area contributed by atoms with Crippen LogP contribution in [0.3, 0.4) is 0 Å². The summed E-state index contributed by atoms with van der Waals surface area (Å²) in [5, 5.41) is 35.0. The second-order valence-electron chi connectivity index (χ2n) is 18.6. The fraction of sp³-hybridized carbons (Fsp3) is 0.375. The molecule has 3 heterocycles. The van der Waals surface area contributed by atoms with E-state index in [2.05, 4.69) is 21.3 Å². The van der Waals surface area contributed by atoms with Crippen molar-refractivity contribution in [1.82, 2.24) is 9.88 Å². The van der Waals surface area contributed by atoms with E-state index in [9.17, 15) is 39.0 Å². The summed E-state index contributed by atoms with van der Waals surface area (Å²) in [7, 11) is 1.60. The van der Waals surface area contributed by atoms with E-state index in [1.54, 1.807) is 85.0 Å². The van der Waals surface area contributed by atoms with Gasteiger partial charge in [-0.05, 0) is 93.8 Å². The molecule has 0 spiro atoms. The molecule has 4 aromatic carbocycles. The van der Waals surface area contributed by atoms with Crippen LogP contribution in [0.15, 0.2) is 60.8 Å². The normalized spacial score (nSPS) is 15.5. The van der Waals surface area contributed by atoms with Crippen molar-refractivity contribution >= 4 is 109 Å². The Morgan fingerprint density at radius 2 is 1.06 bits per heavy atom. The van der Waals surface area contributed by atoms with Crippen LogP contribution in [-0.2, 0) is 30.9 Å². The second-order valence-corrected chi connectivity index (χ2v) is 19.2. The van der Waals surface area contributed by atoms with Gasteiger partial charge in [0, 0.05) is 97.1 Å². The molecule has 0 saturated carbocycles. The number of hydrogen-bond donors (Lipinski definition) is 6. The molecule has 1 aromatic heterocycles. The SMILES string of the molecule is Cn1cc(NC(=O)CCC(=O)Nc2ccc3c4c(cc(O)c3c2)N(C(=O)OC(C)(C)C)CC4CCl)cc1C(=O)NCC(=O)Nc1ccc2c3c(cc(O)c2c1)N(C(=O)OC(C)(C)C)CC3CCl. The second kappa shape index (κ2) is 18.9. The van der Waals surface area contributed by atoms with Gasteiger partial charge in [-0.1, -0.05) is 12.1 Å². The summed E-state index contributed by atoms with van der Waals surface area (Å²) in [4.78, 5) is 80.9. The van der Waals surface area contributed by atoms with Crippen LogP contribution >= 0.6 is 23.2 Å². The van der Waals surface area contributed by atoms with Crippen LogP contribution in [0.1, 0.15) is 87.8 Å². The number of carbonyl (C=O) groups excluding carboxylic acids is 6. The van der Waals surface area contributed by atoms with Gasteiger partial charge < -0.3 is 45.5 Å². The van der Waals surface area contributed by atoms with Crippen molar-refractivity contribution < 1.29 is 48.5 Å². The standard InChI is InChI=1S/C48H53Cl2N7O10/c1-47(2,3)66-45(64)56-22-25(19-49)42-30-10-8-27(14-32(30)37(58)17-34(42)56)52-39(60)12-13-40(61)54-29-16-36(55(7)24-29)44(63)51-21-41(62)53-28-9-11-31-33(15-28)38(59)18-35-43(31)26(20-50)23-57(35)46(65)67-48(4,5)6/h8-11,14-18,24-26,58-59H,12-13,19-23H2,1-7H3,(H,51,63)(H,52,60)(H,53,62)(H,54,61). The number of rotatable bonds is 11. The number of fused-ring (bicyclic) bond motifs is 6. The number of anilines is 5. The Kier molecular flexibility index (Phi) is 13.6. The Hall–Kier alpha value is -6.72. The summed E-state index contributed by atoms with van der Waals surface area (Å²) in [6.45, 7) is 10.8. The van der Waals surface area contributed by atoms with Crippen molar-refractivity contribution in [3.8, 4) is 11.5 Å². The highest BCUT2D eigenvalue weighted by atomic mass is 35.5. The Morgan fingerprint density at radius 3 is 1.49 bits per heavy atom. The molecule has 7 rings (SSSR count). The molecule has 0 fully saturated rings. The van der Waals surface area contributed by atoms with Crippen LogP contribution in [0, 0.1) is 0 Å². The van der Waals surface area contributed by atoms with Crippen LogP contribution in [0.25, 0.3) is 21.5 Å². The lowest BCUT2D eigenvalue weighted by molar-refractivity contribution is -0.121. The summed E-state index contributed by atoms with van der Waals surface area (Å²) in [5.74, 6) is -2.26. The van der Waals surface area contributed by atoms with Gasteiger partial charge in [0.2, 0.25) is 17.7 Å². The first-order chi connectivity index (χ1) is 31.5. The van der Waals surface area contributed by atoms with Crippen molar-refractivity contribution in [1.29, 1.82) is 0 Å². The Labute approximate surface area is 396 Å². The van der Waals surface area contributed by atoms with Gasteiger partial charge in [-0.15, -0.1) is 23.2 Å². The van der Waals surface area contributed by atoms with Gasteiger partial charge in [0.1, 0.15) is 28.4 Å². The maximum absolute atomic E-state index is 13.1. The van der Waals surface area contributed by atoms with Crippen LogP contribution in [0.4, 0.5) is 38.0 Å². The topological polar surface area (TPSA) is 221 Å². The first-order valence-corrected chi connectivity index (χ1v) is 22.7. The predicted molar refractivity (Wildman–Crippen MR) is 258 cm³/mol. The molecule has 17 nitrogen and oxygen atoms in total. The van der Waals surface area contributed by atoms with E-state index in [1.807, 2.05) is 0 Å². The number of aromatic hydroxyl groups is 2. The summed E-state index contributed by atoms with van der Waals surface area (Å²) in [5.41, 5.74) is 2.34. The average molecular weight is 959 g/mol. The molecular formula is C48H53Cl2N7O10. The number of ether oxygens (including phenoxy) is 2. The van der Waals surface area contributed by atoms with Crippen LogP contribution < -0.4 is 31.1 Å². The number of amides is 6. The van der Waals surface area contributed by atoms with Gasteiger partial charge in [0.15, 0.2) is 0 Å². The molecule has 0 bridgehead atoms. The van der Waals surface area contributed by atoms with Gasteiger partial charge in [0.25, 0.3) is 5.91 Å². The Bertz CT molecular complexity index is 2830. The third kappa shape index (κ3) is 10.6. The molecule has 6 amide bonds. The zero-order valence-corrected chi connectivity index (χ0v) is 39.6. The minimum absolute atomic E-state index is 0.100. The molecule has 2 aliphatic heterocycles. The first kappa shape index (κ1) is 48.2. The van der Waals surface area contributed by atoms with E-state index in [-0.39, 0.29) is 66.7 Å². The lowest BCUT2D eigenvalue weighted by Crippen LogP contribution is -2.36. The smallest absolute Gasteiger partial charge is 0.414 e. The number of aryl methyl sites for hydroxylation is 1. The van der Waals surface area contributed by atoms with Crippen molar-refractivity contribution in [3.63, 3.8) is 0 Å². The van der Waals surface area contributed by atoms with E-state index in [4.69, 9.17) is 32.7 Å². The van der Waals surface area contributed by atoms with Gasteiger partial charge in [-0.3, -0.25) is 29.0 Å². The van der Waals surface area contributed by atoms with E-state index in [0.29, 0.717) is 50.0 Å². The number of aromatic nitrogens is 1. The van der Waals surface area contributed by atoms with Gasteiger partial charge in [-0.2, -0.15) is 0 Å². The third-order valence-corrected chi connectivity index (χ3v) is 11.9. The molecule has 6 N–H and O–H groups in total. The molecule has 5 aromatic rings. The summed E-state index contributed by atoms with van der Waals surface area (Å²) in [6.07, 6.45) is 0.0707. The number of phenols is 2. The minimum Gasteiger partial charge on any atom is -0.507 e. The summed E-state index contributed by atoms with van der Waals surface area (Å²) < 4.78 is 12.6. The third-order valence-electron chi connectivity index (χ3n) is 11.2. The Balaban J connectivity index is 0.912. The van der Waals surface area contributed by atoms with Crippen LogP contribution in [-0.4, -0.2) is 93.2 Å². The predicted octanol–water partition coefficient (Wildman–Crippen LogP) is 8.62. The molecule has 354 valence electrons. The molecule has 2 unspecified atom stereocenters. The maximum Gasteiger partial charge on any atom is 0.414 e. The van der Waals surface area contributed by atoms with Gasteiger partial charge in [-0.25, -0.2) is 9.59 Å². The number of benzene rings is 4. The molecule has 2 atom stereocenters.